The second-order valence-corrected chi connectivity index (χ2v) is 4.37. The van der Waals surface area contributed by atoms with Crippen LogP contribution in [-0.4, -0.2) is 8.75 Å². The molecule has 0 aliphatic carbocycles. The molecular weight excluding hydrogens is 249 g/mol. The van der Waals surface area contributed by atoms with Crippen molar-refractivity contribution < 1.29 is 4.39 Å². The van der Waals surface area contributed by atoms with Gasteiger partial charge in [-0.25, -0.2) is 4.39 Å². The molecule has 0 amide bonds. The van der Waals surface area contributed by atoms with Crippen molar-refractivity contribution in [3.05, 3.63) is 46.5 Å². The standard InChI is InChI=1S/C10H9ClFN3S/c11-7-2-1-6(8(12)4-7)3-9(13)10-5-14-16-15-10/h1-2,4-5,9H,3,13H2. The third kappa shape index (κ3) is 2.55. The number of hydrogen-bond donors (Lipinski definition) is 1. The summed E-state index contributed by atoms with van der Waals surface area (Å²) in [6.45, 7) is 0. The molecule has 0 bridgehead atoms. The van der Waals surface area contributed by atoms with Crippen LogP contribution in [0, 0.1) is 5.82 Å². The fourth-order valence-corrected chi connectivity index (χ4v) is 2.00. The Morgan fingerprint density at radius 3 is 2.94 bits per heavy atom. The summed E-state index contributed by atoms with van der Waals surface area (Å²) in [5, 5.41) is 0.380. The smallest absolute Gasteiger partial charge is 0.127 e. The van der Waals surface area contributed by atoms with E-state index < -0.39 is 0 Å². The summed E-state index contributed by atoms with van der Waals surface area (Å²) < 4.78 is 21.4. The fourth-order valence-electron chi connectivity index (χ4n) is 1.36. The maximum absolute atomic E-state index is 13.5. The minimum atomic E-state index is -0.342. The molecule has 1 aromatic carbocycles. The van der Waals surface area contributed by atoms with E-state index in [9.17, 15) is 4.39 Å². The van der Waals surface area contributed by atoms with Gasteiger partial charge in [-0.1, -0.05) is 17.7 Å². The number of nitrogens with two attached hydrogens (primary N) is 1. The predicted molar refractivity (Wildman–Crippen MR) is 62.0 cm³/mol. The van der Waals surface area contributed by atoms with Crippen molar-refractivity contribution in [2.45, 2.75) is 12.5 Å². The van der Waals surface area contributed by atoms with Gasteiger partial charge in [0.2, 0.25) is 0 Å². The summed E-state index contributed by atoms with van der Waals surface area (Å²) in [6.07, 6.45) is 1.98. The van der Waals surface area contributed by atoms with Gasteiger partial charge in [-0.15, -0.1) is 0 Å². The van der Waals surface area contributed by atoms with Crippen molar-refractivity contribution in [2.75, 3.05) is 0 Å². The van der Waals surface area contributed by atoms with Crippen LogP contribution in [-0.2, 0) is 6.42 Å². The normalized spacial score (nSPS) is 12.7. The number of benzene rings is 1. The number of hydrogen-bond acceptors (Lipinski definition) is 4. The van der Waals surface area contributed by atoms with Gasteiger partial charge < -0.3 is 5.73 Å². The first-order valence-electron chi connectivity index (χ1n) is 4.64. The van der Waals surface area contributed by atoms with Crippen molar-refractivity contribution in [1.82, 2.24) is 8.75 Å². The van der Waals surface area contributed by atoms with Crippen LogP contribution in [0.3, 0.4) is 0 Å². The predicted octanol–water partition coefficient (Wildman–Crippen LogP) is 2.57. The van der Waals surface area contributed by atoms with Gasteiger partial charge >= 0.3 is 0 Å². The molecule has 1 aromatic heterocycles. The molecular formula is C10H9ClFN3S. The Morgan fingerprint density at radius 2 is 2.31 bits per heavy atom. The molecule has 16 heavy (non-hydrogen) atoms. The summed E-state index contributed by atoms with van der Waals surface area (Å²) in [4.78, 5) is 0. The van der Waals surface area contributed by atoms with Crippen molar-refractivity contribution in [3.8, 4) is 0 Å². The highest BCUT2D eigenvalue weighted by atomic mass is 35.5. The van der Waals surface area contributed by atoms with E-state index in [-0.39, 0.29) is 11.9 Å². The third-order valence-electron chi connectivity index (χ3n) is 2.21. The summed E-state index contributed by atoms with van der Waals surface area (Å²) >= 11 is 6.75. The number of rotatable bonds is 3. The first-order chi connectivity index (χ1) is 7.66. The van der Waals surface area contributed by atoms with Gasteiger partial charge in [0.1, 0.15) is 5.82 Å². The van der Waals surface area contributed by atoms with Crippen LogP contribution >= 0.6 is 23.3 Å². The Morgan fingerprint density at radius 1 is 1.50 bits per heavy atom. The molecule has 0 saturated heterocycles. The van der Waals surface area contributed by atoms with E-state index in [4.69, 9.17) is 17.3 Å². The Bertz CT molecular complexity index is 475. The zero-order valence-corrected chi connectivity index (χ0v) is 9.80. The maximum Gasteiger partial charge on any atom is 0.127 e. The van der Waals surface area contributed by atoms with Gasteiger partial charge in [-0.3, -0.25) is 0 Å². The summed E-state index contributed by atoms with van der Waals surface area (Å²) in [7, 11) is 0. The molecule has 0 aliphatic heterocycles. The van der Waals surface area contributed by atoms with Gasteiger partial charge in [-0.2, -0.15) is 8.75 Å². The molecule has 2 N–H and O–H groups in total. The molecule has 84 valence electrons. The SMILES string of the molecule is NC(Cc1ccc(Cl)cc1F)c1cnsn1. The number of aromatic nitrogens is 2. The van der Waals surface area contributed by atoms with Crippen molar-refractivity contribution in [3.63, 3.8) is 0 Å². The molecule has 1 unspecified atom stereocenters. The maximum atomic E-state index is 13.5. The minimum absolute atomic E-state index is 0.338. The van der Waals surface area contributed by atoms with E-state index in [1.807, 2.05) is 0 Å². The quantitative estimate of drug-likeness (QED) is 0.920. The molecule has 6 heteroatoms. The molecule has 0 spiro atoms. The largest absolute Gasteiger partial charge is 0.322 e. The molecule has 2 rings (SSSR count). The first-order valence-corrected chi connectivity index (χ1v) is 5.74. The number of halogens is 2. The second-order valence-electron chi connectivity index (χ2n) is 3.38. The van der Waals surface area contributed by atoms with Gasteiger partial charge in [0, 0.05) is 5.02 Å². The van der Waals surface area contributed by atoms with Crippen LogP contribution in [0.2, 0.25) is 5.02 Å². The van der Waals surface area contributed by atoms with Gasteiger partial charge in [0.05, 0.1) is 29.7 Å². The Kier molecular flexibility index (Phi) is 3.48. The summed E-state index contributed by atoms with van der Waals surface area (Å²) in [6, 6.07) is 4.22. The zero-order chi connectivity index (χ0) is 11.5. The highest BCUT2D eigenvalue weighted by molar-refractivity contribution is 6.99. The van der Waals surface area contributed by atoms with Crippen LogP contribution < -0.4 is 5.73 Å². The highest BCUT2D eigenvalue weighted by Crippen LogP contribution is 2.19. The molecule has 2 aromatic rings. The van der Waals surface area contributed by atoms with Gasteiger partial charge in [0.15, 0.2) is 0 Å². The van der Waals surface area contributed by atoms with Crippen LogP contribution in [0.4, 0.5) is 4.39 Å². The highest BCUT2D eigenvalue weighted by Gasteiger charge is 2.12. The zero-order valence-electron chi connectivity index (χ0n) is 8.23. The lowest BCUT2D eigenvalue weighted by Crippen LogP contribution is -2.14. The minimum Gasteiger partial charge on any atom is -0.322 e. The molecule has 0 radical (unpaired) electrons. The van der Waals surface area contributed by atoms with Crippen molar-refractivity contribution >= 4 is 23.3 Å². The van der Waals surface area contributed by atoms with E-state index >= 15 is 0 Å². The van der Waals surface area contributed by atoms with Crippen LogP contribution in [0.1, 0.15) is 17.3 Å². The lowest BCUT2D eigenvalue weighted by Gasteiger charge is -2.09. The second kappa shape index (κ2) is 4.86. The van der Waals surface area contributed by atoms with Gasteiger partial charge in [0.25, 0.3) is 0 Å². The van der Waals surface area contributed by atoms with E-state index in [1.165, 1.54) is 6.07 Å². The number of nitrogens with zero attached hydrogens (tertiary/aromatic N) is 2. The van der Waals surface area contributed by atoms with Crippen LogP contribution in [0.15, 0.2) is 24.4 Å². The molecule has 0 fully saturated rings. The van der Waals surface area contributed by atoms with E-state index in [0.717, 1.165) is 11.7 Å². The third-order valence-corrected chi connectivity index (χ3v) is 2.94. The van der Waals surface area contributed by atoms with Crippen molar-refractivity contribution in [1.29, 1.82) is 0 Å². The topological polar surface area (TPSA) is 51.8 Å². The average Bonchev–Trinajstić information content (AvgIpc) is 2.75. The molecule has 0 saturated carbocycles. The lowest BCUT2D eigenvalue weighted by molar-refractivity contribution is 0.591. The Hall–Kier alpha value is -1.04. The molecule has 1 atom stereocenters. The summed E-state index contributed by atoms with van der Waals surface area (Å²) in [5.41, 5.74) is 7.10. The first kappa shape index (κ1) is 11.4. The average molecular weight is 258 g/mol. The molecule has 3 nitrogen and oxygen atoms in total. The monoisotopic (exact) mass is 257 g/mol. The lowest BCUT2D eigenvalue weighted by atomic mass is 10.0. The van der Waals surface area contributed by atoms with E-state index in [2.05, 4.69) is 8.75 Å². The van der Waals surface area contributed by atoms with E-state index in [0.29, 0.717) is 22.7 Å². The van der Waals surface area contributed by atoms with Crippen LogP contribution in [0.5, 0.6) is 0 Å². The van der Waals surface area contributed by atoms with Crippen LogP contribution in [0.25, 0.3) is 0 Å². The molecule has 0 aliphatic rings. The fraction of sp³-hybridized carbons (Fsp3) is 0.200. The van der Waals surface area contributed by atoms with Crippen molar-refractivity contribution in [2.24, 2.45) is 5.73 Å². The summed E-state index contributed by atoms with van der Waals surface area (Å²) in [5.74, 6) is -0.342. The van der Waals surface area contributed by atoms with Gasteiger partial charge in [-0.05, 0) is 24.1 Å². The van der Waals surface area contributed by atoms with E-state index in [1.54, 1.807) is 18.3 Å². The Balaban J connectivity index is 2.15. The Labute approximate surface area is 101 Å². The molecule has 1 heterocycles.